The molecule has 1 fully saturated rings. The normalized spacial score (nSPS) is 14.2. The average Bonchev–Trinajstić information content (AvgIpc) is 3.17. The lowest BCUT2D eigenvalue weighted by molar-refractivity contribution is -0.117. The van der Waals surface area contributed by atoms with Crippen LogP contribution < -0.4 is 25.0 Å². The molecule has 0 spiro atoms. The van der Waals surface area contributed by atoms with E-state index in [1.165, 1.54) is 0 Å². The van der Waals surface area contributed by atoms with Gasteiger partial charge in [-0.15, -0.1) is 0 Å². The Morgan fingerprint density at radius 3 is 2.46 bits per heavy atom. The zero-order valence-corrected chi connectivity index (χ0v) is 16.5. The molecule has 1 saturated heterocycles. The third kappa shape index (κ3) is 4.54. The minimum atomic E-state index is 0.199. The van der Waals surface area contributed by atoms with E-state index in [1.54, 1.807) is 21.3 Å². The Bertz CT molecular complexity index is 849. The van der Waals surface area contributed by atoms with Gasteiger partial charge < -0.3 is 25.0 Å². The molecule has 7 heteroatoms. The molecule has 0 aromatic heterocycles. The summed E-state index contributed by atoms with van der Waals surface area (Å²) in [6, 6.07) is 13.6. The van der Waals surface area contributed by atoms with Gasteiger partial charge in [0, 0.05) is 44.0 Å². The minimum Gasteiger partial charge on any atom is -0.493 e. The van der Waals surface area contributed by atoms with Crippen molar-refractivity contribution in [2.24, 2.45) is 4.99 Å². The van der Waals surface area contributed by atoms with Crippen LogP contribution in [-0.4, -0.2) is 39.7 Å². The molecule has 0 saturated carbocycles. The zero-order valence-electron chi connectivity index (χ0n) is 16.5. The van der Waals surface area contributed by atoms with Gasteiger partial charge in [0.1, 0.15) is 0 Å². The number of rotatable bonds is 6. The fourth-order valence-corrected chi connectivity index (χ4v) is 3.13. The Labute approximate surface area is 165 Å². The number of nitrogens with zero attached hydrogens (tertiary/aromatic N) is 2. The molecule has 28 heavy (non-hydrogen) atoms. The van der Waals surface area contributed by atoms with Gasteiger partial charge >= 0.3 is 0 Å². The van der Waals surface area contributed by atoms with Gasteiger partial charge in [0.2, 0.25) is 5.91 Å². The van der Waals surface area contributed by atoms with Crippen LogP contribution in [0.3, 0.4) is 0 Å². The summed E-state index contributed by atoms with van der Waals surface area (Å²) in [5.41, 5.74) is 2.90. The van der Waals surface area contributed by atoms with Gasteiger partial charge in [0.05, 0.1) is 14.2 Å². The summed E-state index contributed by atoms with van der Waals surface area (Å²) in [4.78, 5) is 17.9. The van der Waals surface area contributed by atoms with E-state index < -0.39 is 0 Å². The van der Waals surface area contributed by atoms with E-state index in [0.29, 0.717) is 30.4 Å². The molecule has 148 valence electrons. The first-order chi connectivity index (χ1) is 13.6. The number of ether oxygens (including phenoxy) is 2. The first kappa shape index (κ1) is 19.5. The standard InChI is InChI=1S/C21H26N4O3/c1-22-21(24-16-8-11-18(27-2)19(13-16)28-3)23-14-15-6-9-17(10-7-15)25-12-4-5-20(25)26/h6-11,13H,4-5,12,14H2,1-3H3,(H2,22,23,24). The van der Waals surface area contributed by atoms with Gasteiger partial charge in [-0.05, 0) is 36.2 Å². The second kappa shape index (κ2) is 9.12. The fourth-order valence-electron chi connectivity index (χ4n) is 3.13. The first-order valence-electron chi connectivity index (χ1n) is 9.23. The number of aliphatic imine (C=N–C) groups is 1. The quantitative estimate of drug-likeness (QED) is 0.593. The number of hydrogen-bond acceptors (Lipinski definition) is 4. The molecule has 7 nitrogen and oxygen atoms in total. The van der Waals surface area contributed by atoms with Crippen LogP contribution in [0.1, 0.15) is 18.4 Å². The van der Waals surface area contributed by atoms with Gasteiger partial charge in [0.25, 0.3) is 0 Å². The molecule has 1 aliphatic heterocycles. The van der Waals surface area contributed by atoms with Crippen LogP contribution in [0.15, 0.2) is 47.5 Å². The number of methoxy groups -OCH3 is 2. The smallest absolute Gasteiger partial charge is 0.227 e. The lowest BCUT2D eigenvalue weighted by Gasteiger charge is -2.17. The molecular weight excluding hydrogens is 356 g/mol. The van der Waals surface area contributed by atoms with Crippen LogP contribution in [0.25, 0.3) is 0 Å². The van der Waals surface area contributed by atoms with E-state index in [0.717, 1.165) is 29.9 Å². The predicted molar refractivity (Wildman–Crippen MR) is 111 cm³/mol. The molecular formula is C21H26N4O3. The number of guanidine groups is 1. The van der Waals surface area contributed by atoms with Crippen LogP contribution in [-0.2, 0) is 11.3 Å². The largest absolute Gasteiger partial charge is 0.493 e. The Kier molecular flexibility index (Phi) is 6.37. The molecule has 1 aliphatic rings. The molecule has 2 N–H and O–H groups in total. The van der Waals surface area contributed by atoms with Crippen molar-refractivity contribution >= 4 is 23.2 Å². The van der Waals surface area contributed by atoms with Crippen LogP contribution in [0, 0.1) is 0 Å². The summed E-state index contributed by atoms with van der Waals surface area (Å²) >= 11 is 0. The second-order valence-electron chi connectivity index (χ2n) is 6.44. The Balaban J connectivity index is 1.59. The van der Waals surface area contributed by atoms with Crippen molar-refractivity contribution in [2.75, 3.05) is 38.0 Å². The third-order valence-electron chi connectivity index (χ3n) is 4.65. The SMILES string of the molecule is CN=C(NCc1ccc(N2CCCC2=O)cc1)Nc1ccc(OC)c(OC)c1. The highest BCUT2D eigenvalue weighted by molar-refractivity contribution is 5.95. The highest BCUT2D eigenvalue weighted by Gasteiger charge is 2.21. The Morgan fingerprint density at radius 2 is 1.86 bits per heavy atom. The molecule has 0 bridgehead atoms. The van der Waals surface area contributed by atoms with Gasteiger partial charge in [-0.1, -0.05) is 12.1 Å². The highest BCUT2D eigenvalue weighted by Crippen LogP contribution is 2.29. The molecule has 1 heterocycles. The molecule has 0 radical (unpaired) electrons. The predicted octanol–water partition coefficient (Wildman–Crippen LogP) is 3.02. The lowest BCUT2D eigenvalue weighted by Crippen LogP contribution is -2.30. The molecule has 1 amide bonds. The zero-order chi connectivity index (χ0) is 19.9. The maximum atomic E-state index is 11.8. The van der Waals surface area contributed by atoms with Crippen molar-refractivity contribution in [3.63, 3.8) is 0 Å². The van der Waals surface area contributed by atoms with Gasteiger partial charge in [-0.25, -0.2) is 0 Å². The van der Waals surface area contributed by atoms with Crippen molar-refractivity contribution in [1.29, 1.82) is 0 Å². The van der Waals surface area contributed by atoms with Gasteiger partial charge in [0.15, 0.2) is 17.5 Å². The Morgan fingerprint density at radius 1 is 1.11 bits per heavy atom. The maximum absolute atomic E-state index is 11.8. The molecule has 0 aliphatic carbocycles. The van der Waals surface area contributed by atoms with Gasteiger partial charge in [-0.3, -0.25) is 9.79 Å². The van der Waals surface area contributed by atoms with E-state index in [2.05, 4.69) is 15.6 Å². The average molecular weight is 382 g/mol. The van der Waals surface area contributed by atoms with E-state index in [9.17, 15) is 4.79 Å². The molecule has 2 aromatic carbocycles. The number of amides is 1. The van der Waals surface area contributed by atoms with Crippen molar-refractivity contribution in [1.82, 2.24) is 5.32 Å². The van der Waals surface area contributed by atoms with Crippen LogP contribution in [0.4, 0.5) is 11.4 Å². The van der Waals surface area contributed by atoms with E-state index >= 15 is 0 Å². The number of carbonyl (C=O) groups is 1. The van der Waals surface area contributed by atoms with Crippen molar-refractivity contribution in [3.05, 3.63) is 48.0 Å². The summed E-state index contributed by atoms with van der Waals surface area (Å²) in [5.74, 6) is 2.17. The van der Waals surface area contributed by atoms with Gasteiger partial charge in [-0.2, -0.15) is 0 Å². The summed E-state index contributed by atoms with van der Waals surface area (Å²) in [6.45, 7) is 1.42. The maximum Gasteiger partial charge on any atom is 0.227 e. The first-order valence-corrected chi connectivity index (χ1v) is 9.23. The van der Waals surface area contributed by atoms with Crippen LogP contribution in [0.2, 0.25) is 0 Å². The summed E-state index contributed by atoms with van der Waals surface area (Å²) < 4.78 is 10.6. The number of anilines is 2. The number of carbonyl (C=O) groups excluding carboxylic acids is 1. The minimum absolute atomic E-state index is 0.199. The Hall–Kier alpha value is -3.22. The van der Waals surface area contributed by atoms with E-state index in [4.69, 9.17) is 9.47 Å². The number of hydrogen-bond donors (Lipinski definition) is 2. The third-order valence-corrected chi connectivity index (χ3v) is 4.65. The number of nitrogens with one attached hydrogen (secondary N) is 2. The molecule has 3 rings (SSSR count). The monoisotopic (exact) mass is 382 g/mol. The van der Waals surface area contributed by atoms with Crippen LogP contribution >= 0.6 is 0 Å². The lowest BCUT2D eigenvalue weighted by atomic mass is 10.2. The fraction of sp³-hybridized carbons (Fsp3) is 0.333. The topological polar surface area (TPSA) is 75.2 Å². The van der Waals surface area contributed by atoms with Crippen LogP contribution in [0.5, 0.6) is 11.5 Å². The van der Waals surface area contributed by atoms with Crippen molar-refractivity contribution in [2.45, 2.75) is 19.4 Å². The second-order valence-corrected chi connectivity index (χ2v) is 6.44. The van der Waals surface area contributed by atoms with Crippen molar-refractivity contribution < 1.29 is 14.3 Å². The van der Waals surface area contributed by atoms with E-state index in [1.807, 2.05) is 47.4 Å². The van der Waals surface area contributed by atoms with Crippen molar-refractivity contribution in [3.8, 4) is 11.5 Å². The highest BCUT2D eigenvalue weighted by atomic mass is 16.5. The molecule has 2 aromatic rings. The molecule has 0 unspecified atom stereocenters. The summed E-state index contributed by atoms with van der Waals surface area (Å²) in [7, 11) is 4.93. The summed E-state index contributed by atoms with van der Waals surface area (Å²) in [6.07, 6.45) is 1.57. The van der Waals surface area contributed by atoms with E-state index in [-0.39, 0.29) is 5.91 Å². The molecule has 0 atom stereocenters. The number of benzene rings is 2. The summed E-state index contributed by atoms with van der Waals surface area (Å²) in [5, 5.41) is 6.52.